The molecule has 2 aromatic rings. The van der Waals surface area contributed by atoms with Crippen LogP contribution in [0.1, 0.15) is 29.5 Å². The van der Waals surface area contributed by atoms with Gasteiger partial charge in [0.05, 0.1) is 32.3 Å². The Balaban J connectivity index is 1.51. The Morgan fingerprint density at radius 2 is 1.70 bits per heavy atom. The van der Waals surface area contributed by atoms with Crippen LogP contribution in [0.4, 0.5) is 0 Å². The molecule has 0 radical (unpaired) electrons. The number of aliphatic hydroxyl groups is 1. The van der Waals surface area contributed by atoms with E-state index in [1.54, 1.807) is 16.9 Å². The molecule has 3 atom stereocenters. The molecule has 2 fully saturated rings. The zero-order valence-corrected chi connectivity index (χ0v) is 17.0. The Morgan fingerprint density at radius 3 is 2.23 bits per heavy atom. The summed E-state index contributed by atoms with van der Waals surface area (Å²) in [6.45, 7) is 1.98. The van der Waals surface area contributed by atoms with Crippen LogP contribution in [0.5, 0.6) is 5.75 Å². The van der Waals surface area contributed by atoms with E-state index in [1.807, 2.05) is 48.5 Å². The van der Waals surface area contributed by atoms with E-state index in [1.165, 1.54) is 6.92 Å². The number of hydrogen-bond donors (Lipinski definition) is 1. The smallest absolute Gasteiger partial charge is 0.242 e. The number of carbonyl (C=O) groups excluding carboxylic acids is 2. The number of rotatable bonds is 3. The van der Waals surface area contributed by atoms with Gasteiger partial charge in [-0.05, 0) is 42.0 Å². The maximum absolute atomic E-state index is 12.4. The van der Waals surface area contributed by atoms with Crippen molar-refractivity contribution in [3.8, 4) is 17.6 Å². The summed E-state index contributed by atoms with van der Waals surface area (Å²) in [6, 6.07) is 15.1. The van der Waals surface area contributed by atoms with Crippen LogP contribution in [-0.2, 0) is 9.59 Å². The number of carbonyl (C=O) groups is 2. The van der Waals surface area contributed by atoms with E-state index >= 15 is 0 Å². The second-order valence-corrected chi connectivity index (χ2v) is 7.64. The Bertz CT molecular complexity index is 1000. The largest absolute Gasteiger partial charge is 0.497 e. The van der Waals surface area contributed by atoms with Gasteiger partial charge in [0.1, 0.15) is 5.75 Å². The molecule has 2 heterocycles. The Kier molecular flexibility index (Phi) is 5.47. The van der Waals surface area contributed by atoms with Crippen LogP contribution in [0.15, 0.2) is 48.5 Å². The van der Waals surface area contributed by atoms with Crippen molar-refractivity contribution >= 4 is 11.8 Å². The zero-order chi connectivity index (χ0) is 21.3. The Morgan fingerprint density at radius 1 is 1.10 bits per heavy atom. The van der Waals surface area contributed by atoms with Crippen LogP contribution in [0, 0.1) is 11.8 Å². The number of nitrogens with zero attached hydrogens (tertiary/aromatic N) is 2. The molecule has 0 unspecified atom stereocenters. The first kappa shape index (κ1) is 20.0. The fourth-order valence-corrected chi connectivity index (χ4v) is 4.35. The van der Waals surface area contributed by atoms with Gasteiger partial charge in [-0.2, -0.15) is 0 Å². The van der Waals surface area contributed by atoms with Crippen LogP contribution in [0.3, 0.4) is 0 Å². The van der Waals surface area contributed by atoms with E-state index in [0.717, 1.165) is 22.4 Å². The third kappa shape index (κ3) is 3.64. The first-order chi connectivity index (χ1) is 14.5. The molecule has 2 aromatic carbocycles. The number of fused-ring (bicyclic) bond motifs is 1. The number of hydrogen-bond acceptors (Lipinski definition) is 4. The maximum Gasteiger partial charge on any atom is 0.242 e. The highest BCUT2D eigenvalue weighted by Crippen LogP contribution is 2.42. The van der Waals surface area contributed by atoms with Gasteiger partial charge in [0, 0.05) is 30.5 Å². The predicted molar refractivity (Wildman–Crippen MR) is 112 cm³/mol. The van der Waals surface area contributed by atoms with Gasteiger partial charge in [0.2, 0.25) is 11.8 Å². The SMILES string of the molecule is COc1ccc(C#Cc2ccc([C@@H]3[C@H](CO)N4C(=O)CN(C(C)=O)C[C@@H]34)cc2)cc1. The molecule has 0 aliphatic carbocycles. The number of ether oxygens (including phenoxy) is 1. The standard InChI is InChI=1S/C24H24N2O4/c1-16(28)25-13-21-24(22(15-27)26(21)23(29)14-25)19-9-5-17(6-10-19)3-4-18-7-11-20(30-2)12-8-18/h5-12,21-22,24,27H,13-15H2,1-2H3/t21-,22-,24-/m0/s1. The van der Waals surface area contributed by atoms with Gasteiger partial charge in [-0.15, -0.1) is 0 Å². The zero-order valence-electron chi connectivity index (χ0n) is 17.0. The van der Waals surface area contributed by atoms with E-state index in [-0.39, 0.29) is 43.0 Å². The average molecular weight is 404 g/mol. The van der Waals surface area contributed by atoms with Gasteiger partial charge in [-0.3, -0.25) is 9.59 Å². The molecule has 4 rings (SSSR count). The van der Waals surface area contributed by atoms with Crippen LogP contribution in [-0.4, -0.2) is 65.6 Å². The number of amides is 2. The third-order valence-corrected chi connectivity index (χ3v) is 5.93. The minimum atomic E-state index is -0.243. The fourth-order valence-electron chi connectivity index (χ4n) is 4.35. The average Bonchev–Trinajstić information content (AvgIpc) is 2.74. The summed E-state index contributed by atoms with van der Waals surface area (Å²) in [5.74, 6) is 6.89. The van der Waals surface area contributed by atoms with Crippen LogP contribution >= 0.6 is 0 Å². The van der Waals surface area contributed by atoms with Gasteiger partial charge in [0.25, 0.3) is 0 Å². The topological polar surface area (TPSA) is 70.1 Å². The highest BCUT2D eigenvalue weighted by molar-refractivity contribution is 5.87. The molecule has 2 aliphatic rings. The summed E-state index contributed by atoms with van der Waals surface area (Å²) in [7, 11) is 1.63. The second-order valence-electron chi connectivity index (χ2n) is 7.64. The maximum atomic E-state index is 12.4. The summed E-state index contributed by atoms with van der Waals surface area (Å²) >= 11 is 0. The Labute approximate surface area is 176 Å². The lowest BCUT2D eigenvalue weighted by molar-refractivity contribution is -0.166. The van der Waals surface area contributed by atoms with Gasteiger partial charge >= 0.3 is 0 Å². The lowest BCUT2D eigenvalue weighted by Gasteiger charge is -2.58. The molecule has 0 bridgehead atoms. The summed E-state index contributed by atoms with van der Waals surface area (Å²) in [5.41, 5.74) is 2.83. The number of methoxy groups -OCH3 is 1. The van der Waals surface area contributed by atoms with Crippen molar-refractivity contribution in [2.45, 2.75) is 24.9 Å². The summed E-state index contributed by atoms with van der Waals surface area (Å²) in [5, 5.41) is 9.85. The van der Waals surface area contributed by atoms with Crippen molar-refractivity contribution in [1.82, 2.24) is 9.80 Å². The molecule has 30 heavy (non-hydrogen) atoms. The molecular weight excluding hydrogens is 380 g/mol. The fraction of sp³-hybridized carbons (Fsp3) is 0.333. The van der Waals surface area contributed by atoms with Gasteiger partial charge in [0.15, 0.2) is 0 Å². The van der Waals surface area contributed by atoms with Crippen molar-refractivity contribution in [1.29, 1.82) is 0 Å². The van der Waals surface area contributed by atoms with Crippen molar-refractivity contribution in [3.05, 3.63) is 65.2 Å². The van der Waals surface area contributed by atoms with Crippen LogP contribution < -0.4 is 4.74 Å². The quantitative estimate of drug-likeness (QED) is 0.790. The first-order valence-corrected chi connectivity index (χ1v) is 9.95. The van der Waals surface area contributed by atoms with E-state index in [4.69, 9.17) is 4.74 Å². The van der Waals surface area contributed by atoms with Gasteiger partial charge < -0.3 is 19.6 Å². The molecular formula is C24H24N2O4. The monoisotopic (exact) mass is 404 g/mol. The van der Waals surface area contributed by atoms with Crippen molar-refractivity contribution < 1.29 is 19.4 Å². The van der Waals surface area contributed by atoms with Crippen molar-refractivity contribution in [2.24, 2.45) is 0 Å². The van der Waals surface area contributed by atoms with Gasteiger partial charge in [-0.25, -0.2) is 0 Å². The number of benzene rings is 2. The molecule has 154 valence electrons. The number of aliphatic hydroxyl groups excluding tert-OH is 1. The second kappa shape index (κ2) is 8.21. The predicted octanol–water partition coefficient (Wildman–Crippen LogP) is 1.61. The minimum Gasteiger partial charge on any atom is -0.497 e. The molecule has 6 nitrogen and oxygen atoms in total. The third-order valence-electron chi connectivity index (χ3n) is 5.93. The normalized spacial score (nSPS) is 22.5. The molecule has 1 N–H and O–H groups in total. The minimum absolute atomic E-state index is 0.00435. The summed E-state index contributed by atoms with van der Waals surface area (Å²) in [6.07, 6.45) is 0. The first-order valence-electron chi connectivity index (χ1n) is 9.95. The van der Waals surface area contributed by atoms with Crippen LogP contribution in [0.2, 0.25) is 0 Å². The van der Waals surface area contributed by atoms with E-state index < -0.39 is 0 Å². The van der Waals surface area contributed by atoms with Crippen molar-refractivity contribution in [3.63, 3.8) is 0 Å². The lowest BCUT2D eigenvalue weighted by atomic mass is 9.73. The summed E-state index contributed by atoms with van der Waals surface area (Å²) < 4.78 is 5.15. The molecule has 2 aliphatic heterocycles. The molecule has 0 saturated carbocycles. The van der Waals surface area contributed by atoms with Gasteiger partial charge in [-0.1, -0.05) is 24.0 Å². The molecule has 0 spiro atoms. The lowest BCUT2D eigenvalue weighted by Crippen LogP contribution is -2.73. The molecule has 0 aromatic heterocycles. The molecule has 2 saturated heterocycles. The highest BCUT2D eigenvalue weighted by atomic mass is 16.5. The highest BCUT2D eigenvalue weighted by Gasteiger charge is 2.54. The van der Waals surface area contributed by atoms with E-state index in [2.05, 4.69) is 11.8 Å². The van der Waals surface area contributed by atoms with E-state index in [0.29, 0.717) is 6.54 Å². The van der Waals surface area contributed by atoms with Crippen molar-refractivity contribution in [2.75, 3.05) is 26.8 Å². The van der Waals surface area contributed by atoms with E-state index in [9.17, 15) is 14.7 Å². The summed E-state index contributed by atoms with van der Waals surface area (Å²) in [4.78, 5) is 27.5. The number of piperazine rings is 1. The molecule has 6 heteroatoms. The van der Waals surface area contributed by atoms with Crippen LogP contribution in [0.25, 0.3) is 0 Å². The molecule has 2 amide bonds. The Hall–Kier alpha value is -3.30.